The maximum Gasteiger partial charge on any atom is 0.416 e. The first kappa shape index (κ1) is 21.0. The zero-order chi connectivity index (χ0) is 21.3. The predicted molar refractivity (Wildman–Crippen MR) is 102 cm³/mol. The van der Waals surface area contributed by atoms with E-state index in [-0.39, 0.29) is 21.3 Å². The molecule has 0 saturated heterocycles. The normalized spacial score (nSPS) is 12.6. The number of nitrogens with two attached hydrogens (primary N) is 1. The third kappa shape index (κ3) is 4.66. The molecule has 1 amide bonds. The van der Waals surface area contributed by atoms with Crippen LogP contribution >= 0.6 is 22.0 Å². The number of aromatic nitrogens is 2. The summed E-state index contributed by atoms with van der Waals surface area (Å²) in [6.45, 7) is 0. The van der Waals surface area contributed by atoms with Crippen molar-refractivity contribution in [1.82, 2.24) is 10.2 Å². The fourth-order valence-electron chi connectivity index (χ4n) is 2.25. The van der Waals surface area contributed by atoms with Gasteiger partial charge in [0.05, 0.1) is 11.1 Å². The lowest BCUT2D eigenvalue weighted by Crippen LogP contribution is -2.14. The lowest BCUT2D eigenvalue weighted by Gasteiger charge is -2.07. The first-order valence-electron chi connectivity index (χ1n) is 7.66. The molecule has 0 bridgehead atoms. The highest BCUT2D eigenvalue weighted by Gasteiger charge is 2.31. The van der Waals surface area contributed by atoms with Crippen LogP contribution in [0.15, 0.2) is 41.3 Å². The SMILES string of the molecule is C=S(N)c1ccc(F)c(C(=O)Nc2nnc(-c3ccc(C(F)(F)F)cc3F)s2)c1. The highest BCUT2D eigenvalue weighted by Crippen LogP contribution is 2.34. The molecular weight excluding hydrogens is 435 g/mol. The molecule has 1 heterocycles. The van der Waals surface area contributed by atoms with Gasteiger partial charge >= 0.3 is 6.18 Å². The van der Waals surface area contributed by atoms with Gasteiger partial charge in [0.1, 0.15) is 11.6 Å². The molecule has 0 radical (unpaired) electrons. The molecular formula is C17H11F5N4OS2. The number of nitrogens with one attached hydrogen (secondary N) is 1. The number of carbonyl (C=O) groups excluding carboxylic acids is 1. The van der Waals surface area contributed by atoms with Gasteiger partial charge in [-0.2, -0.15) is 13.2 Å². The second-order valence-electron chi connectivity index (χ2n) is 5.63. The monoisotopic (exact) mass is 446 g/mol. The Kier molecular flexibility index (Phi) is 5.78. The van der Waals surface area contributed by atoms with E-state index in [0.29, 0.717) is 17.0 Å². The van der Waals surface area contributed by atoms with E-state index in [1.165, 1.54) is 12.1 Å². The first-order chi connectivity index (χ1) is 13.6. The van der Waals surface area contributed by atoms with Gasteiger partial charge < -0.3 is 0 Å². The number of halogens is 5. The number of hydrogen-bond donors (Lipinski definition) is 2. The van der Waals surface area contributed by atoms with E-state index >= 15 is 0 Å². The average molecular weight is 446 g/mol. The Morgan fingerprint density at radius 3 is 2.45 bits per heavy atom. The predicted octanol–water partition coefficient (Wildman–Crippen LogP) is 4.69. The first-order valence-corrected chi connectivity index (χ1v) is 9.93. The number of rotatable bonds is 4. The molecule has 1 atom stereocenters. The van der Waals surface area contributed by atoms with Gasteiger partial charge in [-0.3, -0.25) is 15.3 Å². The molecule has 2 aromatic carbocycles. The Morgan fingerprint density at radius 2 is 1.83 bits per heavy atom. The number of hydrogen-bond acceptors (Lipinski definition) is 5. The quantitative estimate of drug-likeness (QED) is 0.450. The van der Waals surface area contributed by atoms with Crippen molar-refractivity contribution in [2.75, 3.05) is 5.32 Å². The Balaban J connectivity index is 1.84. The smallest absolute Gasteiger partial charge is 0.296 e. The van der Waals surface area contributed by atoms with Crippen LogP contribution in [0.1, 0.15) is 15.9 Å². The Bertz CT molecular complexity index is 1110. The van der Waals surface area contributed by atoms with Crippen LogP contribution < -0.4 is 10.5 Å². The summed E-state index contributed by atoms with van der Waals surface area (Å²) in [7, 11) is -0.936. The minimum atomic E-state index is -4.69. The highest BCUT2D eigenvalue weighted by atomic mass is 32.2. The minimum Gasteiger partial charge on any atom is -0.296 e. The molecule has 0 aliphatic heterocycles. The van der Waals surface area contributed by atoms with Crippen LogP contribution in [0.4, 0.5) is 27.1 Å². The largest absolute Gasteiger partial charge is 0.416 e. The number of nitrogens with zero attached hydrogens (tertiary/aromatic N) is 2. The summed E-state index contributed by atoms with van der Waals surface area (Å²) in [6.07, 6.45) is -4.69. The van der Waals surface area contributed by atoms with Crippen molar-refractivity contribution < 1.29 is 26.7 Å². The van der Waals surface area contributed by atoms with Crippen LogP contribution in [0, 0.1) is 11.6 Å². The van der Waals surface area contributed by atoms with E-state index < -0.39 is 40.0 Å². The molecule has 0 aliphatic rings. The van der Waals surface area contributed by atoms with Crippen molar-refractivity contribution in [3.05, 3.63) is 59.2 Å². The average Bonchev–Trinajstić information content (AvgIpc) is 3.09. The third-order valence-electron chi connectivity index (χ3n) is 3.66. The summed E-state index contributed by atoms with van der Waals surface area (Å²) in [5.74, 6) is 0.835. The summed E-state index contributed by atoms with van der Waals surface area (Å²) >= 11 is 0.720. The summed E-state index contributed by atoms with van der Waals surface area (Å²) < 4.78 is 65.9. The van der Waals surface area contributed by atoms with Gasteiger partial charge in [-0.25, -0.2) is 8.78 Å². The van der Waals surface area contributed by atoms with Crippen LogP contribution in [-0.2, 0) is 6.18 Å². The molecule has 0 fully saturated rings. The molecule has 29 heavy (non-hydrogen) atoms. The Hall–Kier alpha value is -2.70. The number of carbonyl (C=O) groups is 1. The van der Waals surface area contributed by atoms with Crippen LogP contribution in [0.2, 0.25) is 0 Å². The topological polar surface area (TPSA) is 80.9 Å². The van der Waals surface area contributed by atoms with Gasteiger partial charge in [0.2, 0.25) is 5.13 Å². The van der Waals surface area contributed by atoms with Gasteiger partial charge in [0.25, 0.3) is 5.91 Å². The molecule has 1 aromatic heterocycles. The fourth-order valence-corrected chi connectivity index (χ4v) is 3.53. The van der Waals surface area contributed by atoms with Crippen LogP contribution in [0.3, 0.4) is 0 Å². The number of alkyl halides is 3. The summed E-state index contributed by atoms with van der Waals surface area (Å²) in [5.41, 5.74) is -1.66. The van der Waals surface area contributed by atoms with E-state index in [1.807, 2.05) is 0 Å². The number of amides is 1. The van der Waals surface area contributed by atoms with E-state index in [0.717, 1.165) is 23.5 Å². The van der Waals surface area contributed by atoms with Crippen molar-refractivity contribution in [2.45, 2.75) is 11.1 Å². The molecule has 3 rings (SSSR count). The van der Waals surface area contributed by atoms with Crippen LogP contribution in [-0.4, -0.2) is 22.0 Å². The van der Waals surface area contributed by atoms with E-state index in [9.17, 15) is 26.7 Å². The van der Waals surface area contributed by atoms with E-state index in [4.69, 9.17) is 5.14 Å². The molecule has 0 aliphatic carbocycles. The highest BCUT2D eigenvalue weighted by molar-refractivity contribution is 8.12. The lowest BCUT2D eigenvalue weighted by atomic mass is 10.1. The van der Waals surface area contributed by atoms with Gasteiger partial charge in [0, 0.05) is 10.5 Å². The zero-order valence-corrected chi connectivity index (χ0v) is 15.9. The molecule has 1 unspecified atom stereocenters. The summed E-state index contributed by atoms with van der Waals surface area (Å²) in [5, 5.41) is 15.1. The van der Waals surface area contributed by atoms with E-state index in [1.54, 1.807) is 0 Å². The third-order valence-corrected chi connectivity index (χ3v) is 5.39. The number of anilines is 1. The maximum atomic E-state index is 14.1. The van der Waals surface area contributed by atoms with Gasteiger partial charge in [-0.15, -0.1) is 10.2 Å². The Morgan fingerprint density at radius 1 is 1.10 bits per heavy atom. The Labute approximate surface area is 167 Å². The fraction of sp³-hybridized carbons (Fsp3) is 0.0588. The maximum absolute atomic E-state index is 14.1. The van der Waals surface area contributed by atoms with E-state index in [2.05, 4.69) is 21.4 Å². The van der Waals surface area contributed by atoms with Crippen LogP contribution in [0.25, 0.3) is 10.6 Å². The molecule has 3 aromatic rings. The van der Waals surface area contributed by atoms with Crippen molar-refractivity contribution in [3.8, 4) is 10.6 Å². The molecule has 3 N–H and O–H groups in total. The molecule has 5 nitrogen and oxygen atoms in total. The van der Waals surface area contributed by atoms with Gasteiger partial charge in [-0.05, 0) is 36.4 Å². The van der Waals surface area contributed by atoms with Crippen molar-refractivity contribution in [1.29, 1.82) is 0 Å². The van der Waals surface area contributed by atoms with Crippen molar-refractivity contribution in [2.24, 2.45) is 5.14 Å². The summed E-state index contributed by atoms with van der Waals surface area (Å²) in [4.78, 5) is 12.8. The number of benzene rings is 2. The standard InChI is InChI=1S/C17H11F5N4OS2/c1-29(23)9-3-5-12(18)11(7-9)14(27)24-16-26-25-15(28-16)10-4-2-8(6-13(10)19)17(20,21)22/h2-7H,1,23H2,(H,24,26,27). The molecule has 0 spiro atoms. The summed E-state index contributed by atoms with van der Waals surface area (Å²) in [6, 6.07) is 5.70. The molecule has 152 valence electrons. The van der Waals surface area contributed by atoms with Crippen molar-refractivity contribution in [3.63, 3.8) is 0 Å². The van der Waals surface area contributed by atoms with Gasteiger partial charge in [-0.1, -0.05) is 27.9 Å². The second kappa shape index (κ2) is 7.97. The lowest BCUT2D eigenvalue weighted by molar-refractivity contribution is -0.137. The minimum absolute atomic E-state index is 0.0537. The van der Waals surface area contributed by atoms with Gasteiger partial charge in [0.15, 0.2) is 5.01 Å². The zero-order valence-electron chi connectivity index (χ0n) is 14.3. The second-order valence-corrected chi connectivity index (χ2v) is 7.94. The van der Waals surface area contributed by atoms with Crippen molar-refractivity contribution >= 4 is 38.9 Å². The molecule has 12 heteroatoms. The molecule has 0 saturated carbocycles. The van der Waals surface area contributed by atoms with Crippen LogP contribution in [0.5, 0.6) is 0 Å².